The molecular weight excluding hydrogens is 358 g/mol. The summed E-state index contributed by atoms with van der Waals surface area (Å²) >= 11 is 0. The summed E-state index contributed by atoms with van der Waals surface area (Å²) in [4.78, 5) is 36.3. The van der Waals surface area contributed by atoms with E-state index in [1.807, 2.05) is 25.1 Å². The first-order valence-corrected chi connectivity index (χ1v) is 9.03. The highest BCUT2D eigenvalue weighted by molar-refractivity contribution is 6.05. The third kappa shape index (κ3) is 3.29. The van der Waals surface area contributed by atoms with Crippen LogP contribution < -0.4 is 5.32 Å². The fraction of sp³-hybridized carbons (Fsp3) is 0.227. The molecule has 0 aliphatic carbocycles. The van der Waals surface area contributed by atoms with E-state index < -0.39 is 5.97 Å². The van der Waals surface area contributed by atoms with Crippen LogP contribution in [0.1, 0.15) is 39.9 Å². The minimum Gasteiger partial charge on any atom is -0.464 e. The van der Waals surface area contributed by atoms with Crippen molar-refractivity contribution in [3.8, 4) is 0 Å². The Kier molecular flexibility index (Phi) is 4.47. The quantitative estimate of drug-likeness (QED) is 0.540. The lowest BCUT2D eigenvalue weighted by Crippen LogP contribution is -2.15. The smallest absolute Gasteiger partial charge is 0.310 e. The number of Topliss-reactive ketones (excluding diaryl/α,β-unsaturated/α-hetero) is 1. The number of nitrogens with one attached hydrogen (secondary N) is 1. The number of esters is 1. The van der Waals surface area contributed by atoms with Crippen molar-refractivity contribution in [1.82, 2.24) is 0 Å². The predicted octanol–water partition coefficient (Wildman–Crippen LogP) is 3.77. The number of aryl methyl sites for hydroxylation is 1. The number of rotatable bonds is 5. The van der Waals surface area contributed by atoms with E-state index in [1.165, 1.54) is 0 Å². The van der Waals surface area contributed by atoms with Crippen molar-refractivity contribution in [2.45, 2.75) is 26.2 Å². The molecule has 6 heteroatoms. The molecular formula is C22H19NO5. The van der Waals surface area contributed by atoms with E-state index in [-0.39, 0.29) is 30.6 Å². The summed E-state index contributed by atoms with van der Waals surface area (Å²) in [5, 5.41) is 3.62. The number of benzene rings is 2. The number of amides is 1. The Morgan fingerprint density at radius 1 is 1.18 bits per heavy atom. The first kappa shape index (κ1) is 18.0. The topological polar surface area (TPSA) is 85.6 Å². The second kappa shape index (κ2) is 6.96. The maximum atomic E-state index is 12.4. The van der Waals surface area contributed by atoms with Crippen LogP contribution in [0.2, 0.25) is 0 Å². The van der Waals surface area contributed by atoms with Crippen molar-refractivity contribution >= 4 is 34.3 Å². The van der Waals surface area contributed by atoms with E-state index in [0.717, 1.165) is 22.1 Å². The molecule has 2 aromatic carbocycles. The minimum absolute atomic E-state index is 0.0307. The number of hydrogen-bond donors (Lipinski definition) is 1. The molecule has 0 radical (unpaired) electrons. The van der Waals surface area contributed by atoms with E-state index >= 15 is 0 Å². The molecule has 1 N–H and O–H groups in total. The van der Waals surface area contributed by atoms with Gasteiger partial charge in [-0.2, -0.15) is 0 Å². The van der Waals surface area contributed by atoms with Gasteiger partial charge in [-0.25, -0.2) is 0 Å². The molecule has 2 heterocycles. The zero-order valence-electron chi connectivity index (χ0n) is 15.6. The summed E-state index contributed by atoms with van der Waals surface area (Å²) in [6.45, 7) is 3.40. The lowest BCUT2D eigenvalue weighted by atomic mass is 9.99. The third-order valence-electron chi connectivity index (χ3n) is 5.00. The molecule has 142 valence electrons. The van der Waals surface area contributed by atoms with Gasteiger partial charge in [-0.3, -0.25) is 14.4 Å². The van der Waals surface area contributed by atoms with Gasteiger partial charge in [-0.15, -0.1) is 0 Å². The zero-order chi connectivity index (χ0) is 19.8. The van der Waals surface area contributed by atoms with Crippen molar-refractivity contribution in [2.24, 2.45) is 0 Å². The van der Waals surface area contributed by atoms with Crippen LogP contribution in [0.25, 0.3) is 11.0 Å². The molecule has 1 aliphatic rings. The van der Waals surface area contributed by atoms with Gasteiger partial charge >= 0.3 is 5.97 Å². The number of carbonyl (C=O) groups is 3. The number of anilines is 1. The lowest BCUT2D eigenvalue weighted by molar-refractivity contribution is -0.141. The van der Waals surface area contributed by atoms with E-state index in [2.05, 4.69) is 5.32 Å². The Morgan fingerprint density at radius 2 is 2.00 bits per heavy atom. The van der Waals surface area contributed by atoms with Crippen LogP contribution in [0.4, 0.5) is 5.69 Å². The van der Waals surface area contributed by atoms with Gasteiger partial charge in [0.15, 0.2) is 12.4 Å². The molecule has 0 saturated carbocycles. The molecule has 1 atom stereocenters. The molecule has 1 amide bonds. The molecule has 4 rings (SSSR count). The predicted molar refractivity (Wildman–Crippen MR) is 103 cm³/mol. The number of carbonyl (C=O) groups excluding carboxylic acids is 3. The van der Waals surface area contributed by atoms with Crippen LogP contribution in [0, 0.1) is 6.92 Å². The Bertz CT molecular complexity index is 1110. The van der Waals surface area contributed by atoms with Crippen molar-refractivity contribution in [2.75, 3.05) is 11.9 Å². The third-order valence-corrected chi connectivity index (χ3v) is 5.00. The molecule has 3 aromatic rings. The van der Waals surface area contributed by atoms with E-state index in [9.17, 15) is 14.4 Å². The second-order valence-corrected chi connectivity index (χ2v) is 7.03. The minimum atomic E-state index is -0.497. The van der Waals surface area contributed by atoms with Crippen molar-refractivity contribution < 1.29 is 23.5 Å². The fourth-order valence-electron chi connectivity index (χ4n) is 3.35. The van der Waals surface area contributed by atoms with Crippen LogP contribution in [-0.4, -0.2) is 24.3 Å². The Balaban J connectivity index is 1.39. The van der Waals surface area contributed by atoms with Crippen LogP contribution in [0.5, 0.6) is 0 Å². The second-order valence-electron chi connectivity index (χ2n) is 7.03. The van der Waals surface area contributed by atoms with E-state index in [4.69, 9.17) is 9.15 Å². The van der Waals surface area contributed by atoms with Crippen molar-refractivity contribution in [3.05, 3.63) is 64.9 Å². The molecule has 28 heavy (non-hydrogen) atoms. The Labute approximate surface area is 161 Å². The summed E-state index contributed by atoms with van der Waals surface area (Å²) in [6.07, 6.45) is 1.57. The van der Waals surface area contributed by atoms with Crippen molar-refractivity contribution in [3.63, 3.8) is 0 Å². The molecule has 0 unspecified atom stereocenters. The van der Waals surface area contributed by atoms with Gasteiger partial charge in [0.05, 0.1) is 18.6 Å². The first-order valence-electron chi connectivity index (χ1n) is 9.03. The summed E-state index contributed by atoms with van der Waals surface area (Å²) in [5.74, 6) is -1.20. The van der Waals surface area contributed by atoms with Gasteiger partial charge in [-0.1, -0.05) is 12.1 Å². The fourth-order valence-corrected chi connectivity index (χ4v) is 3.35. The zero-order valence-corrected chi connectivity index (χ0v) is 15.6. The van der Waals surface area contributed by atoms with Crippen LogP contribution >= 0.6 is 0 Å². The molecule has 6 nitrogen and oxygen atoms in total. The normalized spacial score (nSPS) is 15.4. The maximum Gasteiger partial charge on any atom is 0.310 e. The summed E-state index contributed by atoms with van der Waals surface area (Å²) in [5.41, 5.74) is 4.43. The molecule has 0 spiro atoms. The summed E-state index contributed by atoms with van der Waals surface area (Å²) < 4.78 is 10.6. The van der Waals surface area contributed by atoms with Crippen LogP contribution in [0.3, 0.4) is 0 Å². The van der Waals surface area contributed by atoms with Crippen LogP contribution in [0.15, 0.2) is 47.1 Å². The van der Waals surface area contributed by atoms with Gasteiger partial charge in [0.1, 0.15) is 5.58 Å². The molecule has 0 bridgehead atoms. The monoisotopic (exact) mass is 377 g/mol. The van der Waals surface area contributed by atoms with E-state index in [1.54, 1.807) is 31.4 Å². The van der Waals surface area contributed by atoms with Crippen molar-refractivity contribution in [1.29, 1.82) is 0 Å². The molecule has 1 aliphatic heterocycles. The lowest BCUT2D eigenvalue weighted by Gasteiger charge is -2.07. The molecule has 1 aromatic heterocycles. The van der Waals surface area contributed by atoms with E-state index in [0.29, 0.717) is 16.8 Å². The van der Waals surface area contributed by atoms with Gasteiger partial charge in [0.2, 0.25) is 5.91 Å². The number of fused-ring (bicyclic) bond motifs is 2. The summed E-state index contributed by atoms with van der Waals surface area (Å²) in [6, 6.07) is 10.8. The average molecular weight is 377 g/mol. The Hall–Kier alpha value is -3.41. The Morgan fingerprint density at radius 3 is 2.82 bits per heavy atom. The average Bonchev–Trinajstić information content (AvgIpc) is 3.19. The highest BCUT2D eigenvalue weighted by Crippen LogP contribution is 2.32. The number of furan rings is 1. The SMILES string of the molecule is Cc1ccc2c(CC(=O)OCC(=O)c3ccc4c(c3)[C@H](C)C(=O)N4)coc2c1. The standard InChI is InChI=1S/C22H19NO5/c1-12-3-5-16-15(10-27-20(16)7-12)9-21(25)28-11-19(24)14-4-6-18-17(8-14)13(2)22(26)23-18/h3-8,10,13H,9,11H2,1-2H3,(H,23,26)/t13-/m0/s1. The van der Waals surface area contributed by atoms with Crippen LogP contribution in [-0.2, 0) is 20.7 Å². The number of ketones is 1. The largest absolute Gasteiger partial charge is 0.464 e. The highest BCUT2D eigenvalue weighted by atomic mass is 16.5. The van der Waals surface area contributed by atoms with Gasteiger partial charge < -0.3 is 14.5 Å². The van der Waals surface area contributed by atoms with Gasteiger partial charge in [0, 0.05) is 22.2 Å². The number of ether oxygens (including phenoxy) is 1. The maximum absolute atomic E-state index is 12.4. The summed E-state index contributed by atoms with van der Waals surface area (Å²) in [7, 11) is 0. The number of hydrogen-bond acceptors (Lipinski definition) is 5. The van der Waals surface area contributed by atoms with Gasteiger partial charge in [-0.05, 0) is 49.2 Å². The first-order chi connectivity index (χ1) is 13.4. The molecule has 0 saturated heterocycles. The highest BCUT2D eigenvalue weighted by Gasteiger charge is 2.27. The van der Waals surface area contributed by atoms with Gasteiger partial charge in [0.25, 0.3) is 0 Å². The molecule has 0 fully saturated rings.